The van der Waals surface area contributed by atoms with Crippen molar-refractivity contribution in [2.24, 2.45) is 5.73 Å². The molecule has 1 aliphatic carbocycles. The van der Waals surface area contributed by atoms with Gasteiger partial charge in [-0.2, -0.15) is 0 Å². The molecule has 0 spiro atoms. The Hall–Kier alpha value is -0.450. The summed E-state index contributed by atoms with van der Waals surface area (Å²) >= 11 is 5.27. The van der Waals surface area contributed by atoms with Crippen molar-refractivity contribution in [3.8, 4) is 0 Å². The largest absolute Gasteiger partial charge is 0.325 e. The summed E-state index contributed by atoms with van der Waals surface area (Å²) in [5.41, 5.74) is 7.50. The lowest BCUT2D eigenvalue weighted by molar-refractivity contribution is 0.436. The maximum Gasteiger partial charge on any atom is 0.0956 e. The molecule has 2 aromatic rings. The van der Waals surface area contributed by atoms with Gasteiger partial charge in [0.2, 0.25) is 0 Å². The second-order valence-corrected chi connectivity index (χ2v) is 7.00. The monoisotopic (exact) mass is 310 g/mol. The van der Waals surface area contributed by atoms with Gasteiger partial charge in [-0.1, -0.05) is 28.8 Å². The molecule has 0 amide bonds. The van der Waals surface area contributed by atoms with Gasteiger partial charge >= 0.3 is 0 Å². The number of nitrogens with zero attached hydrogens (tertiary/aromatic N) is 1. The summed E-state index contributed by atoms with van der Waals surface area (Å²) in [6, 6.07) is 6.24. The first-order valence-electron chi connectivity index (χ1n) is 5.99. The molecule has 2 nitrogen and oxygen atoms in total. The lowest BCUT2D eigenvalue weighted by Crippen LogP contribution is -2.38. The maximum atomic E-state index is 6.40. The third-order valence-corrected chi connectivity index (χ3v) is 5.01. The second kappa shape index (κ2) is 4.34. The highest BCUT2D eigenvalue weighted by Gasteiger charge is 2.30. The molecule has 1 aromatic heterocycles. The Bertz CT molecular complexity index is 543. The highest BCUT2D eigenvalue weighted by atomic mass is 79.9. The summed E-state index contributed by atoms with van der Waals surface area (Å²) in [5.74, 6) is 0. The van der Waals surface area contributed by atoms with Crippen LogP contribution in [0.4, 0.5) is 0 Å². The first-order valence-corrected chi connectivity index (χ1v) is 7.59. The third-order valence-electron chi connectivity index (χ3n) is 3.50. The maximum absolute atomic E-state index is 6.40. The number of hydrogen-bond donors (Lipinski definition) is 1. The molecule has 1 aliphatic rings. The molecule has 0 saturated heterocycles. The van der Waals surface area contributed by atoms with E-state index in [0.29, 0.717) is 0 Å². The van der Waals surface area contributed by atoms with E-state index in [4.69, 9.17) is 5.73 Å². The lowest BCUT2D eigenvalue weighted by Gasteiger charge is -2.21. The topological polar surface area (TPSA) is 38.9 Å². The van der Waals surface area contributed by atoms with Crippen molar-refractivity contribution in [3.05, 3.63) is 27.7 Å². The minimum absolute atomic E-state index is 0.00507. The number of fused-ring (bicyclic) bond motifs is 1. The van der Waals surface area contributed by atoms with E-state index in [1.54, 1.807) is 11.3 Å². The van der Waals surface area contributed by atoms with Crippen molar-refractivity contribution in [1.82, 2.24) is 4.98 Å². The van der Waals surface area contributed by atoms with E-state index in [0.717, 1.165) is 29.3 Å². The highest BCUT2D eigenvalue weighted by Crippen LogP contribution is 2.33. The summed E-state index contributed by atoms with van der Waals surface area (Å²) in [5, 5.41) is 1.18. The summed E-state index contributed by atoms with van der Waals surface area (Å²) in [6.07, 6.45) is 5.77. The van der Waals surface area contributed by atoms with E-state index in [2.05, 4.69) is 33.0 Å². The molecule has 17 heavy (non-hydrogen) atoms. The summed E-state index contributed by atoms with van der Waals surface area (Å²) in [7, 11) is 0. The van der Waals surface area contributed by atoms with Crippen LogP contribution in [-0.4, -0.2) is 10.5 Å². The van der Waals surface area contributed by atoms with Gasteiger partial charge in [0.1, 0.15) is 0 Å². The van der Waals surface area contributed by atoms with Gasteiger partial charge in [-0.25, -0.2) is 4.98 Å². The average molecular weight is 311 g/mol. The summed E-state index contributed by atoms with van der Waals surface area (Å²) in [4.78, 5) is 4.68. The molecular formula is C13H15BrN2S. The molecule has 4 heteroatoms. The van der Waals surface area contributed by atoms with E-state index in [1.807, 2.05) is 6.07 Å². The van der Waals surface area contributed by atoms with E-state index >= 15 is 0 Å². The molecule has 0 atom stereocenters. The summed E-state index contributed by atoms with van der Waals surface area (Å²) in [6.45, 7) is 0. The van der Waals surface area contributed by atoms with Crippen molar-refractivity contribution in [2.45, 2.75) is 37.6 Å². The molecule has 1 fully saturated rings. The van der Waals surface area contributed by atoms with Gasteiger partial charge in [-0.15, -0.1) is 11.3 Å². The molecule has 0 radical (unpaired) electrons. The van der Waals surface area contributed by atoms with Crippen molar-refractivity contribution in [3.63, 3.8) is 0 Å². The van der Waals surface area contributed by atoms with E-state index in [1.165, 1.54) is 22.5 Å². The van der Waals surface area contributed by atoms with Crippen LogP contribution < -0.4 is 5.73 Å². The van der Waals surface area contributed by atoms with Crippen LogP contribution in [0.3, 0.4) is 0 Å². The van der Waals surface area contributed by atoms with Gasteiger partial charge in [0.25, 0.3) is 0 Å². The van der Waals surface area contributed by atoms with Gasteiger partial charge in [-0.05, 0) is 31.0 Å². The quantitative estimate of drug-likeness (QED) is 0.914. The predicted molar refractivity (Wildman–Crippen MR) is 76.4 cm³/mol. The number of hydrogen-bond acceptors (Lipinski definition) is 3. The molecule has 90 valence electrons. The lowest BCUT2D eigenvalue weighted by atomic mass is 9.95. The molecule has 0 unspecified atom stereocenters. The van der Waals surface area contributed by atoms with Crippen molar-refractivity contribution in [2.75, 3.05) is 0 Å². The number of benzene rings is 1. The van der Waals surface area contributed by atoms with Crippen LogP contribution in [0.25, 0.3) is 10.2 Å². The third kappa shape index (κ3) is 2.39. The van der Waals surface area contributed by atoms with E-state index in [9.17, 15) is 0 Å². The van der Waals surface area contributed by atoms with E-state index < -0.39 is 0 Å². The molecule has 1 heterocycles. The van der Waals surface area contributed by atoms with Crippen molar-refractivity contribution < 1.29 is 0 Å². The Kier molecular flexibility index (Phi) is 2.97. The van der Waals surface area contributed by atoms with Gasteiger partial charge < -0.3 is 5.73 Å². The zero-order valence-electron chi connectivity index (χ0n) is 9.58. The first-order chi connectivity index (χ1) is 8.15. The number of nitrogens with two attached hydrogens (primary N) is 1. The highest BCUT2D eigenvalue weighted by molar-refractivity contribution is 9.10. The van der Waals surface area contributed by atoms with Crippen LogP contribution in [0.1, 0.15) is 30.7 Å². The standard InChI is InChI=1S/C13H15BrN2S/c14-9-3-4-10-11(7-9)17-12(16-10)8-13(15)5-1-2-6-13/h3-4,7H,1-2,5-6,8,15H2. The molecule has 2 N–H and O–H groups in total. The molecule has 3 rings (SSSR count). The van der Waals surface area contributed by atoms with Crippen LogP contribution in [-0.2, 0) is 6.42 Å². The SMILES string of the molecule is NC1(Cc2nc3ccc(Br)cc3s2)CCCC1. The fourth-order valence-corrected chi connectivity index (χ4v) is 4.25. The molecule has 0 aliphatic heterocycles. The fourth-order valence-electron chi connectivity index (χ4n) is 2.58. The van der Waals surface area contributed by atoms with Crippen LogP contribution in [0.5, 0.6) is 0 Å². The minimum atomic E-state index is 0.00507. The Morgan fingerprint density at radius 1 is 1.35 bits per heavy atom. The van der Waals surface area contributed by atoms with Gasteiger partial charge in [0.05, 0.1) is 15.2 Å². The minimum Gasteiger partial charge on any atom is -0.325 e. The van der Waals surface area contributed by atoms with Crippen molar-refractivity contribution in [1.29, 1.82) is 0 Å². The smallest absolute Gasteiger partial charge is 0.0956 e. The molecule has 1 saturated carbocycles. The molecule has 1 aromatic carbocycles. The van der Waals surface area contributed by atoms with Crippen LogP contribution in [0.2, 0.25) is 0 Å². The molecule has 0 bridgehead atoms. The van der Waals surface area contributed by atoms with Gasteiger partial charge in [-0.3, -0.25) is 0 Å². The van der Waals surface area contributed by atoms with Crippen LogP contribution >= 0.6 is 27.3 Å². The number of thiazole rings is 1. The number of halogens is 1. The number of aromatic nitrogens is 1. The Morgan fingerprint density at radius 2 is 2.12 bits per heavy atom. The van der Waals surface area contributed by atoms with Gasteiger partial charge in [0.15, 0.2) is 0 Å². The Balaban J connectivity index is 1.90. The average Bonchev–Trinajstić information content (AvgIpc) is 2.84. The predicted octanol–water partition coefficient (Wildman–Crippen LogP) is 3.87. The van der Waals surface area contributed by atoms with Crippen molar-refractivity contribution >= 4 is 37.5 Å². The van der Waals surface area contributed by atoms with E-state index in [-0.39, 0.29) is 5.54 Å². The normalized spacial score (nSPS) is 18.9. The zero-order valence-corrected chi connectivity index (χ0v) is 12.0. The van der Waals surface area contributed by atoms with Crippen LogP contribution in [0.15, 0.2) is 22.7 Å². The Morgan fingerprint density at radius 3 is 2.88 bits per heavy atom. The number of rotatable bonds is 2. The zero-order chi connectivity index (χ0) is 11.9. The molecular weight excluding hydrogens is 296 g/mol. The summed E-state index contributed by atoms with van der Waals surface area (Å²) < 4.78 is 2.36. The second-order valence-electron chi connectivity index (χ2n) is 4.97. The van der Waals surface area contributed by atoms with Gasteiger partial charge in [0, 0.05) is 16.4 Å². The van der Waals surface area contributed by atoms with Crippen LogP contribution in [0, 0.1) is 0 Å². The fraction of sp³-hybridized carbons (Fsp3) is 0.462. The first kappa shape index (κ1) is 11.6. The Labute approximate surface area is 113 Å².